The smallest absolute Gasteiger partial charge is 0.307 e. The zero-order chi connectivity index (χ0) is 15.4. The Labute approximate surface area is 131 Å². The Morgan fingerprint density at radius 1 is 1.29 bits per heavy atom. The van der Waals surface area contributed by atoms with E-state index in [1.54, 1.807) is 25.3 Å². The quantitative estimate of drug-likeness (QED) is 0.868. The summed E-state index contributed by atoms with van der Waals surface area (Å²) in [6.45, 7) is 0. The molecule has 0 spiro atoms. The molecule has 2 atom stereocenters. The second-order valence-corrected chi connectivity index (χ2v) is 6.03. The minimum atomic E-state index is -0.884. The highest BCUT2D eigenvalue weighted by Gasteiger charge is 2.35. The van der Waals surface area contributed by atoms with Crippen LogP contribution >= 0.6 is 15.9 Å². The van der Waals surface area contributed by atoms with Gasteiger partial charge in [-0.15, -0.1) is 0 Å². The average Bonchev–Trinajstić information content (AvgIpc) is 2.47. The van der Waals surface area contributed by atoms with Gasteiger partial charge in [0.2, 0.25) is 5.91 Å². The maximum Gasteiger partial charge on any atom is 0.307 e. The van der Waals surface area contributed by atoms with E-state index in [4.69, 9.17) is 4.74 Å². The maximum absolute atomic E-state index is 12.3. The fraction of sp³-hybridized carbons (Fsp3) is 0.467. The SMILES string of the molecule is COc1ccc(NC(=O)C2CCCCC2C(=O)O)cc1Br. The van der Waals surface area contributed by atoms with E-state index in [0.29, 0.717) is 24.3 Å². The topological polar surface area (TPSA) is 75.6 Å². The molecule has 1 aliphatic carbocycles. The summed E-state index contributed by atoms with van der Waals surface area (Å²) in [5, 5.41) is 12.0. The monoisotopic (exact) mass is 355 g/mol. The van der Waals surface area contributed by atoms with Crippen LogP contribution < -0.4 is 10.1 Å². The molecule has 1 saturated carbocycles. The van der Waals surface area contributed by atoms with Gasteiger partial charge in [0, 0.05) is 5.69 Å². The molecule has 5 nitrogen and oxygen atoms in total. The van der Waals surface area contributed by atoms with Crippen LogP contribution in [0.3, 0.4) is 0 Å². The lowest BCUT2D eigenvalue weighted by atomic mass is 9.78. The van der Waals surface area contributed by atoms with Gasteiger partial charge in [-0.05, 0) is 47.0 Å². The molecular formula is C15H18BrNO4. The van der Waals surface area contributed by atoms with Gasteiger partial charge in [-0.1, -0.05) is 12.8 Å². The lowest BCUT2D eigenvalue weighted by molar-refractivity contribution is -0.147. The van der Waals surface area contributed by atoms with Crippen molar-refractivity contribution in [2.45, 2.75) is 25.7 Å². The number of anilines is 1. The third kappa shape index (κ3) is 3.75. The van der Waals surface area contributed by atoms with E-state index < -0.39 is 17.8 Å². The van der Waals surface area contributed by atoms with Crippen LogP contribution in [0.5, 0.6) is 5.75 Å². The molecule has 1 fully saturated rings. The molecule has 2 unspecified atom stereocenters. The Kier molecular flexibility index (Phi) is 5.22. The highest BCUT2D eigenvalue weighted by Crippen LogP contribution is 2.32. The molecule has 0 bridgehead atoms. The predicted octanol–water partition coefficient (Wildman–Crippen LogP) is 3.29. The summed E-state index contributed by atoms with van der Waals surface area (Å²) >= 11 is 3.36. The first-order valence-corrected chi connectivity index (χ1v) is 7.69. The Morgan fingerprint density at radius 2 is 1.95 bits per heavy atom. The van der Waals surface area contributed by atoms with Crippen molar-refractivity contribution < 1.29 is 19.4 Å². The van der Waals surface area contributed by atoms with E-state index in [0.717, 1.165) is 17.3 Å². The molecule has 1 aliphatic rings. The molecule has 0 aromatic heterocycles. The number of hydrogen-bond donors (Lipinski definition) is 2. The highest BCUT2D eigenvalue weighted by molar-refractivity contribution is 9.10. The molecule has 21 heavy (non-hydrogen) atoms. The number of aliphatic carboxylic acids is 1. The lowest BCUT2D eigenvalue weighted by Gasteiger charge is -2.27. The molecule has 1 aromatic rings. The fourth-order valence-electron chi connectivity index (χ4n) is 2.72. The van der Waals surface area contributed by atoms with Crippen molar-refractivity contribution >= 4 is 33.5 Å². The largest absolute Gasteiger partial charge is 0.496 e. The van der Waals surface area contributed by atoms with Crippen LogP contribution in [0.1, 0.15) is 25.7 Å². The number of carboxylic acid groups (broad SMARTS) is 1. The van der Waals surface area contributed by atoms with Gasteiger partial charge in [0.25, 0.3) is 0 Å². The number of carbonyl (C=O) groups is 2. The van der Waals surface area contributed by atoms with Crippen molar-refractivity contribution in [2.75, 3.05) is 12.4 Å². The van der Waals surface area contributed by atoms with E-state index in [-0.39, 0.29) is 5.91 Å². The third-order valence-corrected chi connectivity index (χ3v) is 4.46. The molecule has 0 radical (unpaired) electrons. The average molecular weight is 356 g/mol. The Hall–Kier alpha value is -1.56. The van der Waals surface area contributed by atoms with Crippen molar-refractivity contribution in [3.63, 3.8) is 0 Å². The molecule has 0 heterocycles. The first kappa shape index (κ1) is 15.8. The highest BCUT2D eigenvalue weighted by atomic mass is 79.9. The lowest BCUT2D eigenvalue weighted by Crippen LogP contribution is -2.36. The van der Waals surface area contributed by atoms with Gasteiger partial charge in [-0.25, -0.2) is 0 Å². The number of nitrogens with one attached hydrogen (secondary N) is 1. The number of ether oxygens (including phenoxy) is 1. The molecule has 1 aromatic carbocycles. The number of amides is 1. The zero-order valence-corrected chi connectivity index (χ0v) is 13.4. The van der Waals surface area contributed by atoms with Crippen LogP contribution in [-0.4, -0.2) is 24.1 Å². The zero-order valence-electron chi connectivity index (χ0n) is 11.8. The van der Waals surface area contributed by atoms with Crippen molar-refractivity contribution in [1.29, 1.82) is 0 Å². The van der Waals surface area contributed by atoms with Crippen molar-refractivity contribution in [3.05, 3.63) is 22.7 Å². The van der Waals surface area contributed by atoms with E-state index >= 15 is 0 Å². The van der Waals surface area contributed by atoms with Crippen LogP contribution in [0, 0.1) is 11.8 Å². The second kappa shape index (κ2) is 6.93. The van der Waals surface area contributed by atoms with Crippen LogP contribution in [0.15, 0.2) is 22.7 Å². The Morgan fingerprint density at radius 3 is 2.52 bits per heavy atom. The van der Waals surface area contributed by atoms with Crippen molar-refractivity contribution in [1.82, 2.24) is 0 Å². The number of halogens is 1. The minimum Gasteiger partial charge on any atom is -0.496 e. The van der Waals surface area contributed by atoms with Gasteiger partial charge in [-0.2, -0.15) is 0 Å². The van der Waals surface area contributed by atoms with Gasteiger partial charge >= 0.3 is 5.97 Å². The fourth-order valence-corrected chi connectivity index (χ4v) is 3.26. The molecule has 2 N–H and O–H groups in total. The summed E-state index contributed by atoms with van der Waals surface area (Å²) in [5.74, 6) is -1.48. The molecule has 114 valence electrons. The summed E-state index contributed by atoms with van der Waals surface area (Å²) in [5.41, 5.74) is 0.627. The molecular weight excluding hydrogens is 338 g/mol. The summed E-state index contributed by atoms with van der Waals surface area (Å²) in [6.07, 6.45) is 2.96. The van der Waals surface area contributed by atoms with Crippen LogP contribution in [0.2, 0.25) is 0 Å². The summed E-state index contributed by atoms with van der Waals surface area (Å²) in [7, 11) is 1.57. The predicted molar refractivity (Wildman–Crippen MR) is 82.4 cm³/mol. The van der Waals surface area contributed by atoms with Crippen LogP contribution in [0.4, 0.5) is 5.69 Å². The molecule has 1 amide bonds. The number of carbonyl (C=O) groups excluding carboxylic acids is 1. The molecule has 2 rings (SSSR count). The minimum absolute atomic E-state index is 0.223. The van der Waals surface area contributed by atoms with E-state index in [1.807, 2.05) is 0 Å². The van der Waals surface area contributed by atoms with Gasteiger partial charge in [0.1, 0.15) is 5.75 Å². The first-order chi connectivity index (χ1) is 10.0. The normalized spacial score (nSPS) is 21.6. The van der Waals surface area contributed by atoms with E-state index in [9.17, 15) is 14.7 Å². The van der Waals surface area contributed by atoms with Crippen molar-refractivity contribution in [3.8, 4) is 5.75 Å². The summed E-state index contributed by atoms with van der Waals surface area (Å²) in [6, 6.07) is 5.23. The molecule has 0 saturated heterocycles. The Bertz CT molecular complexity index is 546. The number of carboxylic acids is 1. The Balaban J connectivity index is 2.09. The maximum atomic E-state index is 12.3. The number of hydrogen-bond acceptors (Lipinski definition) is 3. The third-order valence-electron chi connectivity index (χ3n) is 3.84. The first-order valence-electron chi connectivity index (χ1n) is 6.90. The molecule has 6 heteroatoms. The number of rotatable bonds is 4. The van der Waals surface area contributed by atoms with E-state index in [1.165, 1.54) is 0 Å². The van der Waals surface area contributed by atoms with Gasteiger partial charge < -0.3 is 15.2 Å². The van der Waals surface area contributed by atoms with Gasteiger partial charge in [0.15, 0.2) is 0 Å². The summed E-state index contributed by atoms with van der Waals surface area (Å²) < 4.78 is 5.87. The second-order valence-electron chi connectivity index (χ2n) is 5.17. The summed E-state index contributed by atoms with van der Waals surface area (Å²) in [4.78, 5) is 23.6. The standard InChI is InChI=1S/C15H18BrNO4/c1-21-13-7-6-9(8-12(13)16)17-14(18)10-4-2-3-5-11(10)15(19)20/h6-8,10-11H,2-5H2,1H3,(H,17,18)(H,19,20). The number of methoxy groups -OCH3 is 1. The van der Waals surface area contributed by atoms with E-state index in [2.05, 4.69) is 21.2 Å². The molecule has 0 aliphatic heterocycles. The number of benzene rings is 1. The van der Waals surface area contributed by atoms with Gasteiger partial charge in [-0.3, -0.25) is 9.59 Å². The van der Waals surface area contributed by atoms with Crippen molar-refractivity contribution in [2.24, 2.45) is 11.8 Å². The van der Waals surface area contributed by atoms with Gasteiger partial charge in [0.05, 0.1) is 23.4 Å². The van der Waals surface area contributed by atoms with Crippen LogP contribution in [0.25, 0.3) is 0 Å². The van der Waals surface area contributed by atoms with Crippen LogP contribution in [-0.2, 0) is 9.59 Å².